The minimum absolute atomic E-state index is 0.105. The van der Waals surface area contributed by atoms with Crippen molar-refractivity contribution >= 4 is 76.3 Å². The molecular weight excluding hydrogens is 1110 g/mol. The molecule has 2 unspecified atom stereocenters. The molecule has 0 bridgehead atoms. The van der Waals surface area contributed by atoms with Crippen molar-refractivity contribution < 1.29 is 66.9 Å². The number of aromatic carboxylic acids is 2. The van der Waals surface area contributed by atoms with Crippen molar-refractivity contribution in [2.24, 2.45) is 5.73 Å². The van der Waals surface area contributed by atoms with E-state index in [4.69, 9.17) is 24.5 Å². The van der Waals surface area contributed by atoms with Crippen molar-refractivity contribution in [3.63, 3.8) is 0 Å². The van der Waals surface area contributed by atoms with Crippen LogP contribution in [-0.2, 0) is 18.8 Å². The number of piperazine rings is 2. The number of hydrogen-bond donors (Lipinski definition) is 5. The average molecular weight is 1190 g/mol. The van der Waals surface area contributed by atoms with E-state index in [0.717, 1.165) is 101 Å². The van der Waals surface area contributed by atoms with E-state index < -0.39 is 48.7 Å². The van der Waals surface area contributed by atoms with Crippen LogP contribution >= 0.6 is 0 Å². The normalized spacial score (nSPS) is 18.5. The van der Waals surface area contributed by atoms with Crippen molar-refractivity contribution in [2.45, 2.75) is 90.0 Å². The van der Waals surface area contributed by atoms with Gasteiger partial charge in [0.15, 0.2) is 0 Å². The fourth-order valence-corrected chi connectivity index (χ4v) is 11.9. The van der Waals surface area contributed by atoms with Crippen LogP contribution in [0.5, 0.6) is 11.5 Å². The molecule has 6 aromatic rings. The van der Waals surface area contributed by atoms with Crippen molar-refractivity contribution in [3.8, 4) is 11.5 Å². The molecule has 0 amide bonds. The SMILES string of the molecule is CCC1OB(O)c2c(OCCCN3CCN(c4cc5c(cc4F)c(=O)c(C(=O)O)cn5C4CC4)CC3)cccc21.CCOC(C)=O.NCC1OB(O)c2c(OCCCN3CCN(c4cc5c(cc4F)c(=O)c(C(=O)O)cn5C4CC4)CC3)cccc21. The van der Waals surface area contributed by atoms with Gasteiger partial charge in [-0.15, -0.1) is 0 Å². The van der Waals surface area contributed by atoms with Gasteiger partial charge in [0, 0.05) is 125 Å². The highest BCUT2D eigenvalue weighted by Crippen LogP contribution is 2.40. The second-order valence-electron chi connectivity index (χ2n) is 22.4. The van der Waals surface area contributed by atoms with Gasteiger partial charge in [-0.05, 0) is 99.4 Å². The summed E-state index contributed by atoms with van der Waals surface area (Å²) in [5, 5.41) is 39.7. The number of esters is 1. The Morgan fingerprint density at radius 1 is 0.640 bits per heavy atom. The number of anilines is 2. The van der Waals surface area contributed by atoms with Gasteiger partial charge >= 0.3 is 32.1 Å². The molecule has 456 valence electrons. The Morgan fingerprint density at radius 2 is 1.06 bits per heavy atom. The van der Waals surface area contributed by atoms with Crippen LogP contribution < -0.4 is 46.8 Å². The number of rotatable bonds is 19. The Hall–Kier alpha value is -7.38. The number of halogens is 2. The van der Waals surface area contributed by atoms with Crippen LogP contribution in [0.3, 0.4) is 0 Å². The standard InChI is InChI=1S/C29H33BFN3O6.C28H32BFN4O6.C4H8O2/c1-2-25-19-5-3-6-26(27(19)30(38)40-25)39-14-4-9-32-10-12-33(13-11-32)24-16-23-20(15-22(24)31)28(35)21(29(36)37)17-34(23)18-7-8-18;30-21-13-19-22(34(17-5-6-17)16-20(27(19)35)28(36)37)14-23(21)33-10-8-32(9-11-33)7-2-12-39-24-4-1-3-18-25(15-31)40-29(38)26(18)24;1-3-6-4(2)5/h3,5-6,15-18,25,38H,2,4,7-14H2,1H3,(H,36,37);1,3-4,13-14,16-17,25,38H,2,5-12,15,31H2,(H,36,37);3H2,1-2H3. The zero-order valence-corrected chi connectivity index (χ0v) is 48.6. The topological polar surface area (TPSA) is 261 Å². The number of benzene rings is 4. The molecule has 2 atom stereocenters. The van der Waals surface area contributed by atoms with Gasteiger partial charge in [0.05, 0.1) is 54.4 Å². The molecule has 21 nitrogen and oxygen atoms in total. The van der Waals surface area contributed by atoms with E-state index in [2.05, 4.69) is 14.5 Å². The number of fused-ring (bicyclic) bond motifs is 4. The molecule has 4 fully saturated rings. The highest BCUT2D eigenvalue weighted by molar-refractivity contribution is 6.63. The van der Waals surface area contributed by atoms with Crippen LogP contribution in [0.4, 0.5) is 20.2 Å². The van der Waals surface area contributed by atoms with Crippen LogP contribution in [0.15, 0.2) is 82.6 Å². The second-order valence-corrected chi connectivity index (χ2v) is 22.4. The van der Waals surface area contributed by atoms with Crippen LogP contribution in [0.25, 0.3) is 21.8 Å². The molecule has 2 aliphatic carbocycles. The van der Waals surface area contributed by atoms with E-state index in [1.807, 2.05) is 62.3 Å². The predicted octanol–water partition coefficient (Wildman–Crippen LogP) is 4.99. The van der Waals surface area contributed by atoms with Gasteiger partial charge in [0.25, 0.3) is 0 Å². The highest BCUT2D eigenvalue weighted by Gasteiger charge is 2.39. The molecule has 6 heterocycles. The van der Waals surface area contributed by atoms with E-state index in [1.165, 1.54) is 31.5 Å². The largest absolute Gasteiger partial charge is 0.495 e. The molecule has 6 N–H and O–H groups in total. The molecule has 0 radical (unpaired) electrons. The molecule has 25 heteroatoms. The minimum atomic E-state index is -1.30. The van der Waals surface area contributed by atoms with Gasteiger partial charge in [-0.3, -0.25) is 24.2 Å². The van der Waals surface area contributed by atoms with Gasteiger partial charge in [-0.25, -0.2) is 18.4 Å². The Labute approximate surface area is 496 Å². The number of carbonyl (C=O) groups is 3. The van der Waals surface area contributed by atoms with Crippen LogP contribution in [-0.4, -0.2) is 163 Å². The zero-order chi connectivity index (χ0) is 60.9. The lowest BCUT2D eigenvalue weighted by atomic mass is 9.78. The molecule has 86 heavy (non-hydrogen) atoms. The van der Waals surface area contributed by atoms with Crippen molar-refractivity contribution in [1.29, 1.82) is 0 Å². The van der Waals surface area contributed by atoms with E-state index in [-0.39, 0.29) is 58.7 Å². The summed E-state index contributed by atoms with van der Waals surface area (Å²) in [7, 11) is -2.00. The molecular formula is C61H73B2F2N7O14. The van der Waals surface area contributed by atoms with Gasteiger partial charge in [-0.2, -0.15) is 0 Å². The number of carboxylic acids is 2. The minimum Gasteiger partial charge on any atom is -0.494 e. The number of nitrogens with zero attached hydrogens (tertiary/aromatic N) is 6. The fraction of sp³-hybridized carbons (Fsp3) is 0.459. The summed E-state index contributed by atoms with van der Waals surface area (Å²) in [5.41, 5.74) is 9.05. The lowest BCUT2D eigenvalue weighted by Crippen LogP contribution is -2.47. The first-order valence-electron chi connectivity index (χ1n) is 29.7. The molecule has 2 aromatic heterocycles. The van der Waals surface area contributed by atoms with E-state index in [0.29, 0.717) is 85.4 Å². The highest BCUT2D eigenvalue weighted by atomic mass is 19.1. The lowest BCUT2D eigenvalue weighted by molar-refractivity contribution is -0.140. The monoisotopic (exact) mass is 1190 g/mol. The molecule has 4 aromatic carbocycles. The smallest absolute Gasteiger partial charge is 0.494 e. The summed E-state index contributed by atoms with van der Waals surface area (Å²) < 4.78 is 61.7. The number of carbonyl (C=O) groups excluding carboxylic acids is 1. The van der Waals surface area contributed by atoms with Crippen molar-refractivity contribution in [2.75, 3.05) is 102 Å². The van der Waals surface area contributed by atoms with E-state index in [1.54, 1.807) is 19.1 Å². The van der Waals surface area contributed by atoms with Crippen LogP contribution in [0.2, 0.25) is 0 Å². The maximum atomic E-state index is 15.2. The van der Waals surface area contributed by atoms with Gasteiger partial charge in [0.1, 0.15) is 34.3 Å². The number of aromatic nitrogens is 2. The van der Waals surface area contributed by atoms with Gasteiger partial charge < -0.3 is 68.4 Å². The summed E-state index contributed by atoms with van der Waals surface area (Å²) in [5.74, 6) is -2.56. The number of hydrogen-bond acceptors (Lipinski definition) is 17. The Morgan fingerprint density at radius 3 is 1.42 bits per heavy atom. The lowest BCUT2D eigenvalue weighted by Gasteiger charge is -2.36. The number of nitrogens with two attached hydrogens (primary N) is 1. The van der Waals surface area contributed by atoms with E-state index in [9.17, 15) is 44.2 Å². The average Bonchev–Trinajstić information content (AvgIpc) is 1.63. The summed E-state index contributed by atoms with van der Waals surface area (Å²) >= 11 is 0. The van der Waals surface area contributed by atoms with Crippen LogP contribution in [0, 0.1) is 11.6 Å². The molecule has 0 spiro atoms. The number of ether oxygens (including phenoxy) is 3. The third-order valence-electron chi connectivity index (χ3n) is 16.6. The first kappa shape index (κ1) is 61.7. The first-order chi connectivity index (χ1) is 41.5. The number of pyridine rings is 2. The first-order valence-corrected chi connectivity index (χ1v) is 29.7. The molecule has 6 aliphatic rings. The third-order valence-corrected chi connectivity index (χ3v) is 16.6. The van der Waals surface area contributed by atoms with Gasteiger partial charge in [0.2, 0.25) is 10.9 Å². The third kappa shape index (κ3) is 13.6. The quantitative estimate of drug-likeness (QED) is 0.0407. The summed E-state index contributed by atoms with van der Waals surface area (Å²) in [6.45, 7) is 14.1. The molecule has 4 aliphatic heterocycles. The Bertz CT molecular complexity index is 3380. The predicted molar refractivity (Wildman–Crippen MR) is 322 cm³/mol. The van der Waals surface area contributed by atoms with Gasteiger partial charge in [-0.1, -0.05) is 31.2 Å². The van der Waals surface area contributed by atoms with Crippen molar-refractivity contribution in [3.05, 3.63) is 127 Å². The Kier molecular flexibility index (Phi) is 19.5. The van der Waals surface area contributed by atoms with Crippen LogP contribution in [0.1, 0.15) is 122 Å². The number of carboxylic acid groups (broad SMARTS) is 2. The Balaban J connectivity index is 0.000000174. The summed E-state index contributed by atoms with van der Waals surface area (Å²) in [6, 6.07) is 17.4. The maximum Gasteiger partial charge on any atom is 0.495 e. The molecule has 2 saturated heterocycles. The summed E-state index contributed by atoms with van der Waals surface area (Å²) in [4.78, 5) is 67.1. The maximum absolute atomic E-state index is 15.2. The zero-order valence-electron chi connectivity index (χ0n) is 48.6. The molecule has 2 saturated carbocycles. The fourth-order valence-electron chi connectivity index (χ4n) is 11.9. The van der Waals surface area contributed by atoms with Crippen molar-refractivity contribution in [1.82, 2.24) is 18.9 Å². The summed E-state index contributed by atoms with van der Waals surface area (Å²) in [6.07, 6.45) is 8.37. The van der Waals surface area contributed by atoms with E-state index >= 15 is 8.78 Å². The second kappa shape index (κ2) is 27.1. The molecule has 12 rings (SSSR count).